The lowest BCUT2D eigenvalue weighted by Crippen LogP contribution is -2.28. The molecule has 0 spiro atoms. The highest BCUT2D eigenvalue weighted by molar-refractivity contribution is 6.03. The number of hydrogen-bond donors (Lipinski definition) is 1. The molecule has 1 N–H and O–H groups in total. The molecule has 5 nitrogen and oxygen atoms in total. The van der Waals surface area contributed by atoms with E-state index in [4.69, 9.17) is 4.74 Å². The molecular formula is C27H28N2O3. The lowest BCUT2D eigenvalue weighted by molar-refractivity contribution is -0.122. The Kier molecular flexibility index (Phi) is 5.99. The molecule has 1 fully saturated rings. The summed E-state index contributed by atoms with van der Waals surface area (Å²) in [5.41, 5.74) is 6.16. The van der Waals surface area contributed by atoms with Crippen LogP contribution in [0, 0.1) is 33.6 Å². The van der Waals surface area contributed by atoms with E-state index in [1.165, 1.54) is 11.1 Å². The van der Waals surface area contributed by atoms with Crippen LogP contribution in [0.15, 0.2) is 60.7 Å². The largest absolute Gasteiger partial charge is 0.457 e. The third-order valence-electron chi connectivity index (χ3n) is 6.20. The molecule has 3 aromatic carbocycles. The fourth-order valence-electron chi connectivity index (χ4n) is 3.91. The van der Waals surface area contributed by atoms with Crippen molar-refractivity contribution < 1.29 is 14.3 Å². The third kappa shape index (κ3) is 4.52. The van der Waals surface area contributed by atoms with Gasteiger partial charge in [-0.1, -0.05) is 18.2 Å². The predicted octanol–water partition coefficient (Wildman–Crippen LogP) is 5.70. The summed E-state index contributed by atoms with van der Waals surface area (Å²) in [5, 5.41) is 2.94. The highest BCUT2D eigenvalue weighted by Gasteiger charge is 2.35. The standard InChI is InChI=1S/C27H28N2O3/c1-17-8-11-24(14-19(17)3)32-23-12-9-22(10-13-23)28-27(31)21-15-26(30)29(16-21)25-7-5-6-18(2)20(25)4/h5-14,21H,15-16H2,1-4H3,(H,28,31)/t21-/m0/s1. The van der Waals surface area contributed by atoms with E-state index in [-0.39, 0.29) is 24.2 Å². The van der Waals surface area contributed by atoms with Crippen molar-refractivity contribution in [3.63, 3.8) is 0 Å². The van der Waals surface area contributed by atoms with E-state index in [1.54, 1.807) is 4.90 Å². The van der Waals surface area contributed by atoms with E-state index in [0.717, 1.165) is 22.6 Å². The number of nitrogens with one attached hydrogen (secondary N) is 1. The van der Waals surface area contributed by atoms with Gasteiger partial charge in [0.15, 0.2) is 0 Å². The zero-order valence-electron chi connectivity index (χ0n) is 18.9. The van der Waals surface area contributed by atoms with Crippen LogP contribution in [0.3, 0.4) is 0 Å². The molecule has 1 atom stereocenters. The molecular weight excluding hydrogens is 400 g/mol. The first-order valence-electron chi connectivity index (χ1n) is 10.8. The van der Waals surface area contributed by atoms with Crippen molar-refractivity contribution in [3.8, 4) is 11.5 Å². The van der Waals surface area contributed by atoms with Crippen LogP contribution < -0.4 is 15.0 Å². The topological polar surface area (TPSA) is 58.6 Å². The van der Waals surface area contributed by atoms with E-state index < -0.39 is 0 Å². The smallest absolute Gasteiger partial charge is 0.229 e. The number of benzene rings is 3. The second-order valence-electron chi connectivity index (χ2n) is 8.49. The van der Waals surface area contributed by atoms with Crippen molar-refractivity contribution in [2.24, 2.45) is 5.92 Å². The first-order chi connectivity index (χ1) is 15.3. The predicted molar refractivity (Wildman–Crippen MR) is 127 cm³/mol. The van der Waals surface area contributed by atoms with E-state index >= 15 is 0 Å². The summed E-state index contributed by atoms with van der Waals surface area (Å²) in [6, 6.07) is 19.2. The summed E-state index contributed by atoms with van der Waals surface area (Å²) >= 11 is 0. The summed E-state index contributed by atoms with van der Waals surface area (Å²) in [6.07, 6.45) is 0.215. The third-order valence-corrected chi connectivity index (χ3v) is 6.20. The average molecular weight is 429 g/mol. The zero-order valence-corrected chi connectivity index (χ0v) is 18.9. The molecule has 4 rings (SSSR count). The molecule has 164 valence electrons. The maximum Gasteiger partial charge on any atom is 0.229 e. The molecule has 0 unspecified atom stereocenters. The molecule has 1 heterocycles. The zero-order chi connectivity index (χ0) is 22.8. The van der Waals surface area contributed by atoms with Crippen molar-refractivity contribution >= 4 is 23.2 Å². The van der Waals surface area contributed by atoms with Crippen LogP contribution in [-0.2, 0) is 9.59 Å². The molecule has 0 bridgehead atoms. The Hall–Kier alpha value is -3.60. The van der Waals surface area contributed by atoms with Gasteiger partial charge in [-0.3, -0.25) is 9.59 Å². The molecule has 1 aliphatic rings. The Morgan fingerprint density at radius 1 is 0.906 bits per heavy atom. The molecule has 0 saturated carbocycles. The van der Waals surface area contributed by atoms with Crippen LogP contribution in [0.1, 0.15) is 28.7 Å². The summed E-state index contributed by atoms with van der Waals surface area (Å²) in [4.78, 5) is 27.1. The molecule has 1 saturated heterocycles. The summed E-state index contributed by atoms with van der Waals surface area (Å²) in [5.74, 6) is 0.933. The molecule has 0 radical (unpaired) electrons. The number of amides is 2. The van der Waals surface area contributed by atoms with Gasteiger partial charge in [0, 0.05) is 24.3 Å². The molecule has 3 aromatic rings. The Morgan fingerprint density at radius 2 is 1.62 bits per heavy atom. The van der Waals surface area contributed by atoms with Crippen molar-refractivity contribution in [1.29, 1.82) is 0 Å². The van der Waals surface area contributed by atoms with Crippen molar-refractivity contribution in [2.45, 2.75) is 34.1 Å². The van der Waals surface area contributed by atoms with Crippen LogP contribution in [0.2, 0.25) is 0 Å². The van der Waals surface area contributed by atoms with Gasteiger partial charge in [-0.15, -0.1) is 0 Å². The van der Waals surface area contributed by atoms with Gasteiger partial charge in [-0.05, 0) is 92.4 Å². The first-order valence-corrected chi connectivity index (χ1v) is 10.8. The maximum absolute atomic E-state index is 12.8. The van der Waals surface area contributed by atoms with E-state index in [1.807, 2.05) is 74.5 Å². The molecule has 0 aliphatic carbocycles. The minimum atomic E-state index is -0.381. The quantitative estimate of drug-likeness (QED) is 0.567. The van der Waals surface area contributed by atoms with Gasteiger partial charge in [-0.2, -0.15) is 0 Å². The van der Waals surface area contributed by atoms with Gasteiger partial charge in [0.25, 0.3) is 0 Å². The second kappa shape index (κ2) is 8.87. The minimum Gasteiger partial charge on any atom is -0.457 e. The highest BCUT2D eigenvalue weighted by Crippen LogP contribution is 2.30. The fourth-order valence-corrected chi connectivity index (χ4v) is 3.91. The average Bonchev–Trinajstić information content (AvgIpc) is 3.16. The fraction of sp³-hybridized carbons (Fsp3) is 0.259. The maximum atomic E-state index is 12.8. The highest BCUT2D eigenvalue weighted by atomic mass is 16.5. The summed E-state index contributed by atoms with van der Waals surface area (Å²) in [7, 11) is 0. The molecule has 0 aromatic heterocycles. The van der Waals surface area contributed by atoms with Gasteiger partial charge in [0.2, 0.25) is 11.8 Å². The first kappa shape index (κ1) is 21.6. The second-order valence-corrected chi connectivity index (χ2v) is 8.49. The van der Waals surface area contributed by atoms with Gasteiger partial charge >= 0.3 is 0 Å². The monoisotopic (exact) mass is 428 g/mol. The number of rotatable bonds is 5. The van der Waals surface area contributed by atoms with Gasteiger partial charge in [0.05, 0.1) is 5.92 Å². The number of nitrogens with zero attached hydrogens (tertiary/aromatic N) is 1. The van der Waals surface area contributed by atoms with Crippen molar-refractivity contribution in [3.05, 3.63) is 82.9 Å². The van der Waals surface area contributed by atoms with E-state index in [2.05, 4.69) is 19.2 Å². The molecule has 5 heteroatoms. The van der Waals surface area contributed by atoms with Gasteiger partial charge < -0.3 is 15.0 Å². The summed E-state index contributed by atoms with van der Waals surface area (Å²) in [6.45, 7) is 8.54. The van der Waals surface area contributed by atoms with Crippen molar-refractivity contribution in [2.75, 3.05) is 16.8 Å². The normalized spacial score (nSPS) is 15.7. The lowest BCUT2D eigenvalue weighted by atomic mass is 10.1. The van der Waals surface area contributed by atoms with Gasteiger partial charge in [0.1, 0.15) is 11.5 Å². The van der Waals surface area contributed by atoms with Crippen LogP contribution >= 0.6 is 0 Å². The number of anilines is 2. The number of hydrogen-bond acceptors (Lipinski definition) is 3. The number of carbonyl (C=O) groups excluding carboxylic acids is 2. The lowest BCUT2D eigenvalue weighted by Gasteiger charge is -2.20. The Morgan fingerprint density at radius 3 is 2.34 bits per heavy atom. The van der Waals surface area contributed by atoms with E-state index in [0.29, 0.717) is 18.0 Å². The van der Waals surface area contributed by atoms with E-state index in [9.17, 15) is 9.59 Å². The number of ether oxygens (including phenoxy) is 1. The minimum absolute atomic E-state index is 0.0176. The Balaban J connectivity index is 1.39. The number of aryl methyl sites for hydroxylation is 3. The number of carbonyl (C=O) groups is 2. The SMILES string of the molecule is Cc1ccc(Oc2ccc(NC(=O)[C@H]3CC(=O)N(c4cccc(C)c4C)C3)cc2)cc1C. The Labute approximate surface area is 189 Å². The van der Waals surface area contributed by atoms with Gasteiger partial charge in [-0.25, -0.2) is 0 Å². The molecule has 2 amide bonds. The van der Waals surface area contributed by atoms with Crippen LogP contribution in [0.5, 0.6) is 11.5 Å². The van der Waals surface area contributed by atoms with Crippen LogP contribution in [0.4, 0.5) is 11.4 Å². The van der Waals surface area contributed by atoms with Crippen molar-refractivity contribution in [1.82, 2.24) is 0 Å². The summed E-state index contributed by atoms with van der Waals surface area (Å²) < 4.78 is 5.91. The van der Waals surface area contributed by atoms with Crippen LogP contribution in [0.25, 0.3) is 0 Å². The molecule has 1 aliphatic heterocycles. The molecule has 32 heavy (non-hydrogen) atoms. The van der Waals surface area contributed by atoms with Crippen LogP contribution in [-0.4, -0.2) is 18.4 Å². The Bertz CT molecular complexity index is 1170.